The Hall–Kier alpha value is -1.36. The minimum absolute atomic E-state index is 0.350. The quantitative estimate of drug-likeness (QED) is 0.360. The predicted octanol–water partition coefficient (Wildman–Crippen LogP) is 0.210. The van der Waals surface area contributed by atoms with Crippen molar-refractivity contribution in [2.45, 2.75) is 6.42 Å². The maximum atomic E-state index is 11.0. The zero-order valence-electron chi connectivity index (χ0n) is 9.36. The summed E-state index contributed by atoms with van der Waals surface area (Å²) in [5.41, 5.74) is 0. The van der Waals surface area contributed by atoms with Crippen LogP contribution in [0.25, 0.3) is 0 Å². The molecule has 0 saturated heterocycles. The van der Waals surface area contributed by atoms with Crippen molar-refractivity contribution in [2.24, 2.45) is 0 Å². The van der Waals surface area contributed by atoms with E-state index in [1.807, 2.05) is 19.0 Å². The number of hydrogen-bond donors (Lipinski definition) is 0. The summed E-state index contributed by atoms with van der Waals surface area (Å²) in [6.45, 7) is 1.20. The summed E-state index contributed by atoms with van der Waals surface area (Å²) in [4.78, 5) is 23.6. The Bertz CT molecular complexity index is 236. The van der Waals surface area contributed by atoms with E-state index in [1.54, 1.807) is 0 Å². The standard InChI is InChI=1S/C10H17NO4/c1-11(2)7-4-8-15-10(13)6-5-9(12)14-3/h5-6H,4,7-8H2,1-3H3/b6-5+. The van der Waals surface area contributed by atoms with Crippen LogP contribution in [0.15, 0.2) is 12.2 Å². The largest absolute Gasteiger partial charge is 0.466 e. The van der Waals surface area contributed by atoms with Crippen molar-refractivity contribution in [3.63, 3.8) is 0 Å². The fraction of sp³-hybridized carbons (Fsp3) is 0.600. The molecule has 0 aromatic carbocycles. The Kier molecular flexibility index (Phi) is 7.27. The topological polar surface area (TPSA) is 55.8 Å². The third-order valence-corrected chi connectivity index (χ3v) is 1.55. The number of rotatable bonds is 6. The van der Waals surface area contributed by atoms with Gasteiger partial charge in [0.05, 0.1) is 13.7 Å². The van der Waals surface area contributed by atoms with Gasteiger partial charge < -0.3 is 14.4 Å². The van der Waals surface area contributed by atoms with Gasteiger partial charge in [-0.1, -0.05) is 0 Å². The van der Waals surface area contributed by atoms with Gasteiger partial charge in [0.15, 0.2) is 0 Å². The summed E-state index contributed by atoms with van der Waals surface area (Å²) in [6, 6.07) is 0. The van der Waals surface area contributed by atoms with Gasteiger partial charge in [-0.15, -0.1) is 0 Å². The van der Waals surface area contributed by atoms with Gasteiger partial charge in [0, 0.05) is 18.7 Å². The van der Waals surface area contributed by atoms with Crippen LogP contribution >= 0.6 is 0 Å². The van der Waals surface area contributed by atoms with E-state index in [2.05, 4.69) is 4.74 Å². The summed E-state index contributed by atoms with van der Waals surface area (Å²) in [5, 5.41) is 0. The van der Waals surface area contributed by atoms with Gasteiger partial charge in [0.2, 0.25) is 0 Å². The Morgan fingerprint density at radius 2 is 1.80 bits per heavy atom. The van der Waals surface area contributed by atoms with Gasteiger partial charge in [-0.25, -0.2) is 9.59 Å². The number of nitrogens with zero attached hydrogens (tertiary/aromatic N) is 1. The van der Waals surface area contributed by atoms with E-state index in [4.69, 9.17) is 4.74 Å². The first-order valence-electron chi connectivity index (χ1n) is 4.63. The molecule has 0 radical (unpaired) electrons. The molecule has 0 aliphatic carbocycles. The second-order valence-corrected chi connectivity index (χ2v) is 3.18. The number of carbonyl (C=O) groups excluding carboxylic acids is 2. The van der Waals surface area contributed by atoms with Crippen molar-refractivity contribution in [1.82, 2.24) is 4.90 Å². The molecule has 86 valence electrons. The molecular formula is C10H17NO4. The molecule has 0 aromatic rings. The minimum atomic E-state index is -0.569. The van der Waals surface area contributed by atoms with E-state index in [0.29, 0.717) is 6.61 Å². The molecule has 15 heavy (non-hydrogen) atoms. The van der Waals surface area contributed by atoms with Crippen LogP contribution in [0.5, 0.6) is 0 Å². The van der Waals surface area contributed by atoms with Crippen molar-refractivity contribution >= 4 is 11.9 Å². The third kappa shape index (κ3) is 8.96. The van der Waals surface area contributed by atoms with Crippen molar-refractivity contribution in [2.75, 3.05) is 34.4 Å². The highest BCUT2D eigenvalue weighted by molar-refractivity contribution is 5.91. The molecule has 0 aliphatic rings. The molecule has 0 saturated carbocycles. The van der Waals surface area contributed by atoms with Crippen LogP contribution in [0, 0.1) is 0 Å². The van der Waals surface area contributed by atoms with Crippen LogP contribution in [0.3, 0.4) is 0 Å². The molecule has 0 fully saturated rings. The van der Waals surface area contributed by atoms with Crippen molar-refractivity contribution in [1.29, 1.82) is 0 Å². The Morgan fingerprint density at radius 3 is 2.33 bits per heavy atom. The van der Waals surface area contributed by atoms with Crippen LogP contribution in [-0.2, 0) is 19.1 Å². The van der Waals surface area contributed by atoms with Gasteiger partial charge >= 0.3 is 11.9 Å². The third-order valence-electron chi connectivity index (χ3n) is 1.55. The van der Waals surface area contributed by atoms with E-state index >= 15 is 0 Å². The molecule has 0 rings (SSSR count). The summed E-state index contributed by atoms with van der Waals surface area (Å²) >= 11 is 0. The SMILES string of the molecule is COC(=O)/C=C/C(=O)OCCCN(C)C. The van der Waals surface area contributed by atoms with E-state index in [-0.39, 0.29) is 0 Å². The molecule has 0 heterocycles. The summed E-state index contributed by atoms with van der Waals surface area (Å²) in [5.74, 6) is -1.10. The number of ether oxygens (including phenoxy) is 2. The summed E-state index contributed by atoms with van der Waals surface area (Å²) in [7, 11) is 5.13. The van der Waals surface area contributed by atoms with Gasteiger partial charge in [-0.2, -0.15) is 0 Å². The lowest BCUT2D eigenvalue weighted by Gasteiger charge is -2.08. The highest BCUT2D eigenvalue weighted by atomic mass is 16.5. The highest BCUT2D eigenvalue weighted by Crippen LogP contribution is 1.88. The van der Waals surface area contributed by atoms with Gasteiger partial charge in [-0.3, -0.25) is 0 Å². The first-order valence-corrected chi connectivity index (χ1v) is 4.63. The van der Waals surface area contributed by atoms with Crippen LogP contribution in [0.4, 0.5) is 0 Å². The molecule has 0 unspecified atom stereocenters. The molecule has 0 atom stereocenters. The lowest BCUT2D eigenvalue weighted by atomic mass is 10.4. The normalized spacial score (nSPS) is 10.7. The summed E-state index contributed by atoms with van der Waals surface area (Å²) < 4.78 is 9.14. The van der Waals surface area contributed by atoms with Gasteiger partial charge in [-0.05, 0) is 20.5 Å². The summed E-state index contributed by atoms with van der Waals surface area (Å²) in [6.07, 6.45) is 2.86. The number of hydrogen-bond acceptors (Lipinski definition) is 5. The molecule has 5 nitrogen and oxygen atoms in total. The Morgan fingerprint density at radius 1 is 1.20 bits per heavy atom. The molecule has 0 amide bonds. The van der Waals surface area contributed by atoms with Crippen molar-refractivity contribution in [3.05, 3.63) is 12.2 Å². The first kappa shape index (κ1) is 13.6. The van der Waals surface area contributed by atoms with Crippen LogP contribution in [0.1, 0.15) is 6.42 Å². The van der Waals surface area contributed by atoms with E-state index in [1.165, 1.54) is 7.11 Å². The van der Waals surface area contributed by atoms with Crippen molar-refractivity contribution in [3.8, 4) is 0 Å². The first-order chi connectivity index (χ1) is 7.06. The zero-order valence-corrected chi connectivity index (χ0v) is 9.36. The van der Waals surface area contributed by atoms with Crippen LogP contribution in [-0.4, -0.2) is 51.2 Å². The Labute approximate surface area is 89.6 Å². The fourth-order valence-electron chi connectivity index (χ4n) is 0.806. The number of carbonyl (C=O) groups is 2. The van der Waals surface area contributed by atoms with Crippen LogP contribution in [0.2, 0.25) is 0 Å². The lowest BCUT2D eigenvalue weighted by Crippen LogP contribution is -2.15. The highest BCUT2D eigenvalue weighted by Gasteiger charge is 1.99. The fourth-order valence-corrected chi connectivity index (χ4v) is 0.806. The monoisotopic (exact) mass is 215 g/mol. The number of methoxy groups -OCH3 is 1. The second kappa shape index (κ2) is 7.99. The van der Waals surface area contributed by atoms with Gasteiger partial charge in [0.1, 0.15) is 0 Å². The van der Waals surface area contributed by atoms with E-state index < -0.39 is 11.9 Å². The smallest absolute Gasteiger partial charge is 0.331 e. The minimum Gasteiger partial charge on any atom is -0.466 e. The van der Waals surface area contributed by atoms with E-state index in [9.17, 15) is 9.59 Å². The van der Waals surface area contributed by atoms with Crippen LogP contribution < -0.4 is 0 Å². The average Bonchev–Trinajstić information content (AvgIpc) is 2.20. The molecule has 0 spiro atoms. The lowest BCUT2D eigenvalue weighted by molar-refractivity contribution is -0.139. The molecule has 0 bridgehead atoms. The maximum absolute atomic E-state index is 11.0. The molecule has 0 N–H and O–H groups in total. The average molecular weight is 215 g/mol. The number of esters is 2. The maximum Gasteiger partial charge on any atom is 0.331 e. The van der Waals surface area contributed by atoms with E-state index in [0.717, 1.165) is 25.1 Å². The van der Waals surface area contributed by atoms with Crippen molar-refractivity contribution < 1.29 is 19.1 Å². The predicted molar refractivity (Wildman–Crippen MR) is 55.3 cm³/mol. The zero-order chi connectivity index (χ0) is 11.7. The second-order valence-electron chi connectivity index (χ2n) is 3.18. The molecule has 0 aliphatic heterocycles. The molecule has 0 aromatic heterocycles. The van der Waals surface area contributed by atoms with Gasteiger partial charge in [0.25, 0.3) is 0 Å². The molecular weight excluding hydrogens is 198 g/mol. The molecule has 5 heteroatoms. The Balaban J connectivity index is 3.58.